The third-order valence-electron chi connectivity index (χ3n) is 6.98. The van der Waals surface area contributed by atoms with Gasteiger partial charge in [-0.05, 0) is 53.1 Å². The first-order valence-electron chi connectivity index (χ1n) is 12.2. The first-order valence-corrected chi connectivity index (χ1v) is 12.2. The van der Waals surface area contributed by atoms with Crippen LogP contribution in [0.1, 0.15) is 38.4 Å². The van der Waals surface area contributed by atoms with Crippen LogP contribution in [-0.4, -0.2) is 37.5 Å². The minimum absolute atomic E-state index is 0.0440. The maximum atomic E-state index is 14.0. The molecule has 0 radical (unpaired) electrons. The molecule has 2 amide bonds. The number of carbonyl (C=O) groups is 2. The van der Waals surface area contributed by atoms with Crippen molar-refractivity contribution >= 4 is 17.8 Å². The van der Waals surface area contributed by atoms with Crippen LogP contribution in [0.15, 0.2) is 90.2 Å². The van der Waals surface area contributed by atoms with Crippen molar-refractivity contribution < 1.29 is 18.4 Å². The SMILES string of the molecule is NC1=NC(c2ccc(F)cc2)(c2ccc(F)cc2)C(=O)N1Cc1cccc(C(=O)N2Cc3nccnc3C2)c1. The Morgan fingerprint density at radius 1 is 0.872 bits per heavy atom. The molecule has 1 aromatic heterocycles. The average molecular weight is 525 g/mol. The number of guanidine groups is 1. The molecule has 3 heterocycles. The predicted molar refractivity (Wildman–Crippen MR) is 138 cm³/mol. The summed E-state index contributed by atoms with van der Waals surface area (Å²) in [5.41, 5.74) is 8.12. The topological polar surface area (TPSA) is 105 Å². The molecule has 194 valence electrons. The first-order chi connectivity index (χ1) is 18.8. The van der Waals surface area contributed by atoms with E-state index in [1.54, 1.807) is 41.6 Å². The number of halogens is 2. The van der Waals surface area contributed by atoms with E-state index in [2.05, 4.69) is 15.0 Å². The summed E-state index contributed by atoms with van der Waals surface area (Å²) in [6.45, 7) is 0.783. The Hall–Kier alpha value is -4.99. The first kappa shape index (κ1) is 24.4. The Balaban J connectivity index is 1.29. The molecule has 4 aromatic rings. The Morgan fingerprint density at radius 2 is 1.44 bits per heavy atom. The zero-order chi connectivity index (χ0) is 27.1. The predicted octanol–water partition coefficient (Wildman–Crippen LogP) is 3.51. The van der Waals surface area contributed by atoms with Crippen molar-refractivity contribution in [1.82, 2.24) is 19.8 Å². The van der Waals surface area contributed by atoms with E-state index in [0.29, 0.717) is 35.3 Å². The minimum atomic E-state index is -1.61. The monoisotopic (exact) mass is 524 g/mol. The largest absolute Gasteiger partial charge is 0.369 e. The highest BCUT2D eigenvalue weighted by atomic mass is 19.1. The highest BCUT2D eigenvalue weighted by Gasteiger charge is 2.50. The summed E-state index contributed by atoms with van der Waals surface area (Å²) in [4.78, 5) is 43.4. The van der Waals surface area contributed by atoms with E-state index < -0.39 is 23.1 Å². The van der Waals surface area contributed by atoms with Gasteiger partial charge in [0.25, 0.3) is 11.8 Å². The molecule has 0 saturated carbocycles. The summed E-state index contributed by atoms with van der Waals surface area (Å²) >= 11 is 0. The molecule has 2 N–H and O–H groups in total. The van der Waals surface area contributed by atoms with Crippen LogP contribution in [0.3, 0.4) is 0 Å². The van der Waals surface area contributed by atoms with Crippen LogP contribution in [-0.2, 0) is 30.0 Å². The van der Waals surface area contributed by atoms with Crippen LogP contribution < -0.4 is 5.73 Å². The van der Waals surface area contributed by atoms with Crippen LogP contribution in [0.4, 0.5) is 8.78 Å². The highest BCUT2D eigenvalue weighted by Crippen LogP contribution is 2.40. The molecule has 0 saturated heterocycles. The maximum Gasteiger partial charge on any atom is 0.266 e. The lowest BCUT2D eigenvalue weighted by molar-refractivity contribution is -0.130. The van der Waals surface area contributed by atoms with Crippen molar-refractivity contribution in [2.45, 2.75) is 25.2 Å². The summed E-state index contributed by atoms with van der Waals surface area (Å²) in [5.74, 6) is -1.64. The molecular formula is C29H22F2N6O2. The molecule has 0 fully saturated rings. The van der Waals surface area contributed by atoms with Gasteiger partial charge in [0.05, 0.1) is 31.0 Å². The number of nitrogens with zero attached hydrogens (tertiary/aromatic N) is 5. The quantitative estimate of drug-likeness (QED) is 0.430. The summed E-state index contributed by atoms with van der Waals surface area (Å²) in [6.07, 6.45) is 3.20. The molecule has 8 nitrogen and oxygen atoms in total. The van der Waals surface area contributed by atoms with E-state index >= 15 is 0 Å². The Kier molecular flexibility index (Phi) is 5.86. The summed E-state index contributed by atoms with van der Waals surface area (Å²) < 4.78 is 27.5. The van der Waals surface area contributed by atoms with Crippen molar-refractivity contribution in [3.63, 3.8) is 0 Å². The van der Waals surface area contributed by atoms with Gasteiger partial charge in [-0.1, -0.05) is 36.4 Å². The van der Waals surface area contributed by atoms with Crippen LogP contribution >= 0.6 is 0 Å². The molecule has 3 aromatic carbocycles. The van der Waals surface area contributed by atoms with Gasteiger partial charge in [0.1, 0.15) is 11.6 Å². The molecule has 39 heavy (non-hydrogen) atoms. The second-order valence-electron chi connectivity index (χ2n) is 9.40. The number of aromatic nitrogens is 2. The van der Waals surface area contributed by atoms with E-state index in [1.807, 2.05) is 0 Å². The van der Waals surface area contributed by atoms with Gasteiger partial charge in [0.2, 0.25) is 0 Å². The van der Waals surface area contributed by atoms with Gasteiger partial charge in [-0.15, -0.1) is 0 Å². The Morgan fingerprint density at radius 3 is 2.00 bits per heavy atom. The van der Waals surface area contributed by atoms with Crippen molar-refractivity contribution in [3.05, 3.63) is 130 Å². The normalized spacial score (nSPS) is 15.8. The van der Waals surface area contributed by atoms with E-state index in [1.165, 1.54) is 53.4 Å². The average Bonchev–Trinajstić information content (AvgIpc) is 3.49. The fourth-order valence-corrected chi connectivity index (χ4v) is 5.05. The number of nitrogens with two attached hydrogens (primary N) is 1. The van der Waals surface area contributed by atoms with Crippen LogP contribution in [0.5, 0.6) is 0 Å². The molecule has 0 bridgehead atoms. The lowest BCUT2D eigenvalue weighted by Crippen LogP contribution is -2.43. The second-order valence-corrected chi connectivity index (χ2v) is 9.40. The smallest absolute Gasteiger partial charge is 0.266 e. The number of aliphatic imine (C=N–C) groups is 1. The van der Waals surface area contributed by atoms with Crippen molar-refractivity contribution in [1.29, 1.82) is 0 Å². The number of benzene rings is 3. The third kappa shape index (κ3) is 4.19. The van der Waals surface area contributed by atoms with E-state index in [0.717, 1.165) is 11.4 Å². The van der Waals surface area contributed by atoms with E-state index in [4.69, 9.17) is 5.73 Å². The van der Waals surface area contributed by atoms with Gasteiger partial charge in [-0.25, -0.2) is 13.8 Å². The molecule has 0 atom stereocenters. The number of fused-ring (bicyclic) bond motifs is 1. The van der Waals surface area contributed by atoms with E-state index in [-0.39, 0.29) is 18.4 Å². The minimum Gasteiger partial charge on any atom is -0.369 e. The number of rotatable bonds is 5. The fraction of sp³-hybridized carbons (Fsp3) is 0.138. The van der Waals surface area contributed by atoms with Gasteiger partial charge >= 0.3 is 0 Å². The molecule has 10 heteroatoms. The maximum absolute atomic E-state index is 14.0. The summed E-state index contributed by atoms with van der Waals surface area (Å²) in [5, 5.41) is 0. The molecule has 0 unspecified atom stereocenters. The van der Waals surface area contributed by atoms with Crippen LogP contribution in [0.2, 0.25) is 0 Å². The zero-order valence-corrected chi connectivity index (χ0v) is 20.6. The van der Waals surface area contributed by atoms with Gasteiger partial charge < -0.3 is 10.6 Å². The van der Waals surface area contributed by atoms with Crippen LogP contribution in [0.25, 0.3) is 0 Å². The van der Waals surface area contributed by atoms with Gasteiger partial charge in [-0.3, -0.25) is 24.5 Å². The highest BCUT2D eigenvalue weighted by molar-refractivity contribution is 6.09. The number of hydrogen-bond donors (Lipinski definition) is 1. The molecule has 6 rings (SSSR count). The third-order valence-corrected chi connectivity index (χ3v) is 6.98. The number of amides is 2. The van der Waals surface area contributed by atoms with Gasteiger partial charge in [0, 0.05) is 18.0 Å². The molecule has 0 aliphatic carbocycles. The number of hydrogen-bond acceptors (Lipinski definition) is 6. The second kappa shape index (κ2) is 9.39. The van der Waals surface area contributed by atoms with Crippen molar-refractivity contribution in [3.8, 4) is 0 Å². The summed E-state index contributed by atoms with van der Waals surface area (Å²) in [7, 11) is 0. The fourth-order valence-electron chi connectivity index (χ4n) is 5.05. The van der Waals surface area contributed by atoms with Gasteiger partial charge in [-0.2, -0.15) is 0 Å². The number of carbonyl (C=O) groups excluding carboxylic acids is 2. The van der Waals surface area contributed by atoms with E-state index in [9.17, 15) is 18.4 Å². The lowest BCUT2D eigenvalue weighted by atomic mass is 9.82. The molecule has 0 spiro atoms. The van der Waals surface area contributed by atoms with Crippen molar-refractivity contribution in [2.24, 2.45) is 10.7 Å². The Bertz CT molecular complexity index is 1550. The van der Waals surface area contributed by atoms with Crippen LogP contribution in [0, 0.1) is 11.6 Å². The summed E-state index contributed by atoms with van der Waals surface area (Å²) in [6, 6.07) is 17.8. The standard InChI is InChI=1S/C29H22F2N6O2/c30-22-8-4-20(5-9-22)29(21-6-10-23(31)11-7-21)27(39)37(28(32)35-29)15-18-2-1-3-19(14-18)26(38)36-16-24-25(17-36)34-13-12-33-24/h1-14H,15-17H2,(H2,32,35). The molecular weight excluding hydrogens is 502 g/mol. The molecule has 2 aliphatic heterocycles. The molecule has 2 aliphatic rings. The van der Waals surface area contributed by atoms with Crippen molar-refractivity contribution in [2.75, 3.05) is 0 Å². The zero-order valence-electron chi connectivity index (χ0n) is 20.6. The lowest BCUT2D eigenvalue weighted by Gasteiger charge is -2.27. The Labute approximate surface area is 222 Å². The van der Waals surface area contributed by atoms with Gasteiger partial charge in [0.15, 0.2) is 11.5 Å².